The zero-order chi connectivity index (χ0) is 45.0. The molecule has 0 saturated carbocycles. The Balaban J connectivity index is 1.23. The molecule has 0 saturated heterocycles. The fourth-order valence-electron chi connectivity index (χ4n) is 11.3. The summed E-state index contributed by atoms with van der Waals surface area (Å²) in [5, 5.41) is 20.3. The Morgan fingerprint density at radius 2 is 0.765 bits per heavy atom. The van der Waals surface area contributed by atoms with E-state index in [1.54, 1.807) is 0 Å². The maximum absolute atomic E-state index is 11.5. The summed E-state index contributed by atoms with van der Waals surface area (Å²) in [5.41, 5.74) is 14.3. The molecule has 0 fully saturated rings. The standard InChI is InChI=1S/C62H36N6/c1-64-49-37-40(38-63)59(67-50-29-15-11-25-43(50)45-33-35-54-57(60(45)67)47-27-13-17-31-52(47)65(54)41-21-7-3-8-22-41)56(39-19-5-2-6-20-39)62(49)68-51-30-16-12-26-44(51)46-34-36-55-58(61(46)68)48-28-14-18-32-53(48)66(55)42-23-9-4-10-24-42/h2-37H. The molecule has 14 rings (SSSR count). The molecule has 0 N–H and O–H groups in total. The Morgan fingerprint density at radius 3 is 1.22 bits per heavy atom. The second-order valence-electron chi connectivity index (χ2n) is 17.4. The molecule has 0 unspecified atom stereocenters. The number of benzene rings is 10. The van der Waals surface area contributed by atoms with Gasteiger partial charge in [0.2, 0.25) is 5.69 Å². The highest BCUT2D eigenvalue weighted by molar-refractivity contribution is 6.28. The number of fused-ring (bicyclic) bond motifs is 14. The predicted octanol–water partition coefficient (Wildman–Crippen LogP) is 16.2. The molecule has 10 aromatic carbocycles. The molecule has 68 heavy (non-hydrogen) atoms. The van der Waals surface area contributed by atoms with E-state index in [0.29, 0.717) is 11.3 Å². The van der Waals surface area contributed by atoms with Crippen LogP contribution >= 0.6 is 0 Å². The third kappa shape index (κ3) is 5.09. The van der Waals surface area contributed by atoms with Crippen molar-refractivity contribution in [3.63, 3.8) is 0 Å². The minimum Gasteiger partial charge on any atom is -0.318 e. The molecule has 0 aliphatic rings. The highest BCUT2D eigenvalue weighted by Crippen LogP contribution is 2.50. The third-order valence-corrected chi connectivity index (χ3v) is 14.0. The van der Waals surface area contributed by atoms with Crippen molar-refractivity contribution in [3.8, 4) is 39.9 Å². The van der Waals surface area contributed by atoms with E-state index < -0.39 is 0 Å². The molecule has 4 aromatic heterocycles. The van der Waals surface area contributed by atoms with Gasteiger partial charge in [-0.25, -0.2) is 4.85 Å². The van der Waals surface area contributed by atoms with Crippen molar-refractivity contribution >= 4 is 92.9 Å². The largest absolute Gasteiger partial charge is 0.318 e. The summed E-state index contributed by atoms with van der Waals surface area (Å²) in [6.45, 7) is 9.02. The lowest BCUT2D eigenvalue weighted by molar-refractivity contribution is 1.14. The van der Waals surface area contributed by atoms with Crippen LogP contribution in [0.2, 0.25) is 0 Å². The fourth-order valence-corrected chi connectivity index (χ4v) is 11.3. The summed E-state index contributed by atoms with van der Waals surface area (Å²) >= 11 is 0. The number of nitriles is 1. The molecule has 0 amide bonds. The second kappa shape index (κ2) is 14.4. The number of aromatic nitrogens is 4. The van der Waals surface area contributed by atoms with E-state index in [9.17, 15) is 5.26 Å². The first-order chi connectivity index (χ1) is 33.7. The summed E-state index contributed by atoms with van der Waals surface area (Å²) in [5.74, 6) is 0. The molecule has 314 valence electrons. The summed E-state index contributed by atoms with van der Waals surface area (Å²) < 4.78 is 9.36. The first kappa shape index (κ1) is 37.7. The molecule has 6 heteroatoms. The van der Waals surface area contributed by atoms with Crippen LogP contribution in [0.1, 0.15) is 5.56 Å². The Kier molecular flexibility index (Phi) is 8.01. The van der Waals surface area contributed by atoms with Crippen molar-refractivity contribution in [2.45, 2.75) is 0 Å². The minimum atomic E-state index is 0.391. The van der Waals surface area contributed by atoms with Gasteiger partial charge in [-0.05, 0) is 72.3 Å². The number of hydrogen-bond acceptors (Lipinski definition) is 1. The van der Waals surface area contributed by atoms with Crippen LogP contribution < -0.4 is 0 Å². The Labute approximate surface area is 390 Å². The summed E-state index contributed by atoms with van der Waals surface area (Å²) in [6.07, 6.45) is 0. The molecular formula is C62H36N6. The monoisotopic (exact) mass is 864 g/mol. The van der Waals surface area contributed by atoms with E-state index in [4.69, 9.17) is 6.57 Å². The highest BCUT2D eigenvalue weighted by atomic mass is 15.1. The van der Waals surface area contributed by atoms with Gasteiger partial charge in [-0.2, -0.15) is 5.26 Å². The van der Waals surface area contributed by atoms with Crippen LogP contribution in [0.4, 0.5) is 5.69 Å². The van der Waals surface area contributed by atoms with E-state index >= 15 is 0 Å². The lowest BCUT2D eigenvalue weighted by atomic mass is 9.95. The van der Waals surface area contributed by atoms with Gasteiger partial charge < -0.3 is 18.3 Å². The van der Waals surface area contributed by atoms with E-state index in [-0.39, 0.29) is 0 Å². The Morgan fingerprint density at radius 1 is 0.368 bits per heavy atom. The zero-order valence-electron chi connectivity index (χ0n) is 36.5. The fraction of sp³-hybridized carbons (Fsp3) is 0. The maximum atomic E-state index is 11.5. The number of para-hydroxylation sites is 6. The van der Waals surface area contributed by atoms with Crippen LogP contribution in [-0.4, -0.2) is 18.3 Å². The van der Waals surface area contributed by atoms with Crippen molar-refractivity contribution in [2.75, 3.05) is 0 Å². The Bertz CT molecular complexity index is 4230. The topological polar surface area (TPSA) is 47.9 Å². The number of hydrogen-bond donors (Lipinski definition) is 0. The van der Waals surface area contributed by atoms with Crippen LogP contribution in [0, 0.1) is 17.9 Å². The van der Waals surface area contributed by atoms with Gasteiger partial charge in [0.25, 0.3) is 0 Å². The van der Waals surface area contributed by atoms with Crippen LogP contribution in [0.25, 0.3) is 126 Å². The van der Waals surface area contributed by atoms with Crippen molar-refractivity contribution < 1.29 is 0 Å². The molecule has 0 aliphatic carbocycles. The van der Waals surface area contributed by atoms with E-state index in [0.717, 1.165) is 121 Å². The smallest absolute Gasteiger partial charge is 0.212 e. The van der Waals surface area contributed by atoms with Crippen molar-refractivity contribution in [1.29, 1.82) is 5.26 Å². The lowest BCUT2D eigenvalue weighted by Crippen LogP contribution is -2.07. The first-order valence-electron chi connectivity index (χ1n) is 22.8. The lowest BCUT2D eigenvalue weighted by Gasteiger charge is -2.23. The molecule has 6 nitrogen and oxygen atoms in total. The van der Waals surface area contributed by atoms with Crippen LogP contribution in [0.3, 0.4) is 0 Å². The molecular weight excluding hydrogens is 829 g/mol. The molecule has 0 atom stereocenters. The number of rotatable bonds is 5. The van der Waals surface area contributed by atoms with E-state index in [2.05, 4.69) is 235 Å². The SMILES string of the molecule is [C-]#[N+]c1cc(C#N)c(-n2c3ccccc3c3ccc4c(c5ccccc5n4-c4ccccc4)c32)c(-c2ccccc2)c1-n1c2ccccc2c2ccc3c(c4ccccc4n3-c3ccccc3)c21. The Hall–Kier alpha value is -9.62. The molecule has 0 radical (unpaired) electrons. The zero-order valence-corrected chi connectivity index (χ0v) is 36.5. The highest BCUT2D eigenvalue weighted by Gasteiger charge is 2.30. The van der Waals surface area contributed by atoms with Crippen LogP contribution in [0.15, 0.2) is 218 Å². The van der Waals surface area contributed by atoms with E-state index in [1.165, 1.54) is 0 Å². The summed E-state index contributed by atoms with van der Waals surface area (Å²) in [4.78, 5) is 4.37. The van der Waals surface area contributed by atoms with Gasteiger partial charge in [0.05, 0.1) is 67.6 Å². The normalized spacial score (nSPS) is 11.8. The maximum Gasteiger partial charge on any atom is 0.212 e. The van der Waals surface area contributed by atoms with Gasteiger partial charge in [-0.15, -0.1) is 0 Å². The first-order valence-corrected chi connectivity index (χ1v) is 22.8. The summed E-state index contributed by atoms with van der Waals surface area (Å²) in [6, 6.07) is 79.2. The van der Waals surface area contributed by atoms with Crippen LogP contribution in [-0.2, 0) is 0 Å². The minimum absolute atomic E-state index is 0.391. The van der Waals surface area contributed by atoms with Crippen molar-refractivity contribution in [1.82, 2.24) is 18.3 Å². The van der Waals surface area contributed by atoms with Gasteiger partial charge in [0.1, 0.15) is 6.07 Å². The quantitative estimate of drug-likeness (QED) is 0.159. The average Bonchev–Trinajstić information content (AvgIpc) is 4.13. The van der Waals surface area contributed by atoms with Gasteiger partial charge in [-0.1, -0.05) is 152 Å². The number of nitrogens with zero attached hydrogens (tertiary/aromatic N) is 6. The second-order valence-corrected chi connectivity index (χ2v) is 17.4. The van der Waals surface area contributed by atoms with Crippen molar-refractivity contribution in [3.05, 3.63) is 235 Å². The molecule has 14 aromatic rings. The van der Waals surface area contributed by atoms with Gasteiger partial charge >= 0.3 is 0 Å². The van der Waals surface area contributed by atoms with Crippen molar-refractivity contribution in [2.24, 2.45) is 0 Å². The molecule has 0 aliphatic heterocycles. The van der Waals surface area contributed by atoms with Gasteiger partial charge in [0, 0.05) is 60.0 Å². The molecule has 0 spiro atoms. The summed E-state index contributed by atoms with van der Waals surface area (Å²) in [7, 11) is 0. The molecule has 4 heterocycles. The van der Waals surface area contributed by atoms with Gasteiger partial charge in [-0.3, -0.25) is 0 Å². The van der Waals surface area contributed by atoms with Gasteiger partial charge in [0.15, 0.2) is 0 Å². The molecule has 0 bridgehead atoms. The van der Waals surface area contributed by atoms with E-state index in [1.807, 2.05) is 12.1 Å². The predicted molar refractivity (Wildman–Crippen MR) is 280 cm³/mol. The van der Waals surface area contributed by atoms with Crippen LogP contribution in [0.5, 0.6) is 0 Å². The third-order valence-electron chi connectivity index (χ3n) is 14.0. The average molecular weight is 865 g/mol.